The van der Waals surface area contributed by atoms with E-state index in [1.54, 1.807) is 0 Å². The molecule has 1 fully saturated rings. The third kappa shape index (κ3) is 6.33. The molecule has 1 aromatic rings. The molecule has 0 radical (unpaired) electrons. The first-order valence-corrected chi connectivity index (χ1v) is 9.24. The molecular weight excluding hydrogens is 314 g/mol. The van der Waals surface area contributed by atoms with Gasteiger partial charge in [-0.3, -0.25) is 4.90 Å². The van der Waals surface area contributed by atoms with Gasteiger partial charge < -0.3 is 15.7 Å². The van der Waals surface area contributed by atoms with Crippen molar-refractivity contribution in [2.75, 3.05) is 19.6 Å². The number of carbonyl (C=O) groups is 1. The highest BCUT2D eigenvalue weighted by Gasteiger charge is 2.28. The fourth-order valence-electron chi connectivity index (χ4n) is 3.15. The number of nitrogens with zero attached hydrogens (tertiary/aromatic N) is 1. The number of carbonyl (C=O) groups excluding carboxylic acids is 1. The summed E-state index contributed by atoms with van der Waals surface area (Å²) in [5, 5.41) is 15.9. The molecule has 2 rings (SSSR count). The SMILES string of the molecule is CC1CN(Cc2ccccc2)CCC1NC(=O)NCC(O)C(C)(C)C. The maximum Gasteiger partial charge on any atom is 0.315 e. The smallest absolute Gasteiger partial charge is 0.315 e. The predicted molar refractivity (Wildman–Crippen MR) is 101 cm³/mol. The van der Waals surface area contributed by atoms with Gasteiger partial charge in [0.15, 0.2) is 0 Å². The van der Waals surface area contributed by atoms with Gasteiger partial charge in [0.25, 0.3) is 0 Å². The Kier molecular flexibility index (Phi) is 6.85. The van der Waals surface area contributed by atoms with Crippen LogP contribution in [0.5, 0.6) is 0 Å². The molecule has 1 aliphatic rings. The lowest BCUT2D eigenvalue weighted by molar-refractivity contribution is 0.0645. The van der Waals surface area contributed by atoms with Gasteiger partial charge in [-0.2, -0.15) is 0 Å². The highest BCUT2D eigenvalue weighted by molar-refractivity contribution is 5.74. The van der Waals surface area contributed by atoms with Crippen molar-refractivity contribution in [1.29, 1.82) is 0 Å². The van der Waals surface area contributed by atoms with E-state index in [0.29, 0.717) is 5.92 Å². The number of hydrogen-bond donors (Lipinski definition) is 3. The fourth-order valence-corrected chi connectivity index (χ4v) is 3.15. The van der Waals surface area contributed by atoms with Gasteiger partial charge in [0, 0.05) is 32.2 Å². The summed E-state index contributed by atoms with van der Waals surface area (Å²) < 4.78 is 0. The molecule has 140 valence electrons. The van der Waals surface area contributed by atoms with Crippen molar-refractivity contribution in [2.24, 2.45) is 11.3 Å². The topological polar surface area (TPSA) is 64.6 Å². The van der Waals surface area contributed by atoms with Gasteiger partial charge in [0.2, 0.25) is 0 Å². The van der Waals surface area contributed by atoms with Crippen LogP contribution in [0.3, 0.4) is 0 Å². The molecule has 3 atom stereocenters. The Bertz CT molecular complexity index is 542. The Morgan fingerprint density at radius 1 is 1.32 bits per heavy atom. The Labute approximate surface area is 151 Å². The van der Waals surface area contributed by atoms with Crippen LogP contribution in [0.25, 0.3) is 0 Å². The quantitative estimate of drug-likeness (QED) is 0.767. The molecule has 0 aliphatic carbocycles. The summed E-state index contributed by atoms with van der Waals surface area (Å²) in [7, 11) is 0. The highest BCUT2D eigenvalue weighted by atomic mass is 16.3. The molecule has 2 amide bonds. The number of urea groups is 1. The van der Waals surface area contributed by atoms with Crippen LogP contribution in [-0.2, 0) is 6.54 Å². The number of amides is 2. The Morgan fingerprint density at radius 3 is 2.60 bits per heavy atom. The zero-order chi connectivity index (χ0) is 18.4. The number of aliphatic hydroxyl groups excluding tert-OH is 1. The molecule has 0 spiro atoms. The van der Waals surface area contributed by atoms with Crippen molar-refractivity contribution in [2.45, 2.75) is 52.8 Å². The first-order chi connectivity index (χ1) is 11.8. The van der Waals surface area contributed by atoms with Gasteiger partial charge in [-0.15, -0.1) is 0 Å². The number of likely N-dealkylation sites (tertiary alicyclic amines) is 1. The number of hydrogen-bond acceptors (Lipinski definition) is 3. The second-order valence-electron chi connectivity index (χ2n) is 8.33. The molecule has 1 heterocycles. The van der Waals surface area contributed by atoms with Crippen LogP contribution in [-0.4, -0.2) is 47.8 Å². The van der Waals surface area contributed by atoms with Crippen molar-refractivity contribution >= 4 is 6.03 Å². The monoisotopic (exact) mass is 347 g/mol. The molecule has 1 aromatic carbocycles. The molecule has 25 heavy (non-hydrogen) atoms. The van der Waals surface area contributed by atoms with E-state index in [4.69, 9.17) is 0 Å². The number of nitrogens with one attached hydrogen (secondary N) is 2. The molecule has 1 aliphatic heterocycles. The van der Waals surface area contributed by atoms with Crippen molar-refractivity contribution < 1.29 is 9.90 Å². The number of rotatable bonds is 5. The first kappa shape index (κ1) is 19.7. The lowest BCUT2D eigenvalue weighted by Crippen LogP contribution is -2.53. The summed E-state index contributed by atoms with van der Waals surface area (Å²) in [6.07, 6.45) is 0.395. The molecule has 1 saturated heterocycles. The van der Waals surface area contributed by atoms with Crippen molar-refractivity contribution in [1.82, 2.24) is 15.5 Å². The lowest BCUT2D eigenvalue weighted by atomic mass is 9.89. The third-order valence-corrected chi connectivity index (χ3v) is 5.01. The normalized spacial score (nSPS) is 23.1. The highest BCUT2D eigenvalue weighted by Crippen LogP contribution is 2.20. The second kappa shape index (κ2) is 8.68. The van der Waals surface area contributed by atoms with E-state index < -0.39 is 6.10 Å². The molecule has 5 heteroatoms. The van der Waals surface area contributed by atoms with Crippen LogP contribution in [0.2, 0.25) is 0 Å². The predicted octanol–water partition coefficient (Wildman–Crippen LogP) is 2.60. The number of benzene rings is 1. The van der Waals surface area contributed by atoms with Crippen LogP contribution in [0.1, 0.15) is 39.7 Å². The van der Waals surface area contributed by atoms with Crippen LogP contribution in [0.15, 0.2) is 30.3 Å². The van der Waals surface area contributed by atoms with Crippen molar-refractivity contribution in [3.8, 4) is 0 Å². The van der Waals surface area contributed by atoms with E-state index in [2.05, 4.69) is 46.7 Å². The minimum absolute atomic E-state index is 0.179. The minimum atomic E-state index is -0.552. The third-order valence-electron chi connectivity index (χ3n) is 5.01. The number of aliphatic hydroxyl groups is 1. The molecule has 3 unspecified atom stereocenters. The van der Waals surface area contributed by atoms with E-state index >= 15 is 0 Å². The van der Waals surface area contributed by atoms with Crippen molar-refractivity contribution in [3.63, 3.8) is 0 Å². The zero-order valence-corrected chi connectivity index (χ0v) is 16.0. The molecule has 0 aromatic heterocycles. The summed E-state index contributed by atoms with van der Waals surface area (Å²) >= 11 is 0. The van der Waals surface area contributed by atoms with E-state index in [0.717, 1.165) is 26.1 Å². The molecular formula is C20H33N3O2. The van der Waals surface area contributed by atoms with E-state index in [1.807, 2.05) is 26.8 Å². The largest absolute Gasteiger partial charge is 0.391 e. The Morgan fingerprint density at radius 2 is 2.00 bits per heavy atom. The Balaban J connectivity index is 1.74. The first-order valence-electron chi connectivity index (χ1n) is 9.24. The van der Waals surface area contributed by atoms with E-state index in [-0.39, 0.29) is 24.0 Å². The van der Waals surface area contributed by atoms with E-state index in [1.165, 1.54) is 5.56 Å². The molecule has 5 nitrogen and oxygen atoms in total. The van der Waals surface area contributed by atoms with Crippen LogP contribution in [0.4, 0.5) is 4.79 Å². The average molecular weight is 348 g/mol. The van der Waals surface area contributed by atoms with E-state index in [9.17, 15) is 9.90 Å². The zero-order valence-electron chi connectivity index (χ0n) is 16.0. The maximum absolute atomic E-state index is 12.1. The fraction of sp³-hybridized carbons (Fsp3) is 0.650. The summed E-state index contributed by atoms with van der Waals surface area (Å²) in [4.78, 5) is 14.6. The Hall–Kier alpha value is -1.59. The van der Waals surface area contributed by atoms with Gasteiger partial charge in [-0.1, -0.05) is 58.0 Å². The summed E-state index contributed by atoms with van der Waals surface area (Å²) in [5.74, 6) is 0.399. The minimum Gasteiger partial charge on any atom is -0.391 e. The van der Waals surface area contributed by atoms with Crippen LogP contribution < -0.4 is 10.6 Å². The van der Waals surface area contributed by atoms with Crippen LogP contribution in [0, 0.1) is 11.3 Å². The summed E-state index contributed by atoms with van der Waals surface area (Å²) in [6, 6.07) is 10.5. The summed E-state index contributed by atoms with van der Waals surface area (Å²) in [5.41, 5.74) is 1.10. The van der Waals surface area contributed by atoms with Gasteiger partial charge in [-0.05, 0) is 23.3 Å². The lowest BCUT2D eigenvalue weighted by Gasteiger charge is -2.37. The molecule has 3 N–H and O–H groups in total. The van der Waals surface area contributed by atoms with Gasteiger partial charge >= 0.3 is 6.03 Å². The van der Waals surface area contributed by atoms with Crippen LogP contribution >= 0.6 is 0 Å². The van der Waals surface area contributed by atoms with Gasteiger partial charge in [0.1, 0.15) is 0 Å². The average Bonchev–Trinajstić information content (AvgIpc) is 2.55. The second-order valence-corrected chi connectivity index (χ2v) is 8.33. The number of piperidine rings is 1. The van der Waals surface area contributed by atoms with Crippen molar-refractivity contribution in [3.05, 3.63) is 35.9 Å². The molecule has 0 saturated carbocycles. The molecule has 0 bridgehead atoms. The van der Waals surface area contributed by atoms with Gasteiger partial charge in [0.05, 0.1) is 6.10 Å². The maximum atomic E-state index is 12.1. The summed E-state index contributed by atoms with van der Waals surface area (Å²) in [6.45, 7) is 11.3. The standard InChI is InChI=1S/C20H33N3O2/c1-15-13-23(14-16-8-6-5-7-9-16)11-10-17(15)22-19(25)21-12-18(24)20(2,3)4/h5-9,15,17-18,24H,10-14H2,1-4H3,(H2,21,22,25). The van der Waals surface area contributed by atoms with Gasteiger partial charge in [-0.25, -0.2) is 4.79 Å².